The Labute approximate surface area is 104 Å². The number of methoxy groups -OCH3 is 1. The Bertz CT molecular complexity index is 415. The average molecular weight is 254 g/mol. The Hall–Kier alpha value is -1.72. The van der Waals surface area contributed by atoms with Crippen molar-refractivity contribution in [1.29, 1.82) is 0 Å². The molecule has 2 aliphatic rings. The molecule has 0 aromatic heterocycles. The first kappa shape index (κ1) is 12.7. The fourth-order valence-electron chi connectivity index (χ4n) is 2.95. The standard InChI is InChI=1S/C12H14O6/c1-17-10(15)8-2-7(6-13)3-12(4-8)5-9(14)18-11(12)16/h6-8H,2-5H2,1H3. The smallest absolute Gasteiger partial charge is 0.320 e. The molecule has 6 heteroatoms. The summed E-state index contributed by atoms with van der Waals surface area (Å²) in [5, 5.41) is 0. The molecule has 2 fully saturated rings. The molecule has 1 saturated carbocycles. The summed E-state index contributed by atoms with van der Waals surface area (Å²) >= 11 is 0. The van der Waals surface area contributed by atoms with Crippen LogP contribution in [0.25, 0.3) is 0 Å². The fourth-order valence-corrected chi connectivity index (χ4v) is 2.95. The van der Waals surface area contributed by atoms with Gasteiger partial charge in [-0.1, -0.05) is 0 Å². The lowest BCUT2D eigenvalue weighted by Crippen LogP contribution is -2.40. The van der Waals surface area contributed by atoms with E-state index in [0.717, 1.165) is 6.29 Å². The topological polar surface area (TPSA) is 86.7 Å². The highest BCUT2D eigenvalue weighted by Gasteiger charge is 2.55. The molecule has 1 spiro atoms. The molecule has 0 amide bonds. The third-order valence-corrected chi connectivity index (χ3v) is 3.73. The third kappa shape index (κ3) is 2.02. The molecule has 6 nitrogen and oxygen atoms in total. The molecule has 2 rings (SSSR count). The molecular weight excluding hydrogens is 240 g/mol. The van der Waals surface area contributed by atoms with E-state index in [9.17, 15) is 19.2 Å². The molecule has 0 aromatic rings. The Morgan fingerprint density at radius 3 is 2.67 bits per heavy atom. The Morgan fingerprint density at radius 1 is 1.44 bits per heavy atom. The zero-order chi connectivity index (χ0) is 13.3. The first-order valence-corrected chi connectivity index (χ1v) is 5.79. The second kappa shape index (κ2) is 4.51. The second-order valence-electron chi connectivity index (χ2n) is 4.98. The molecular formula is C12H14O6. The molecule has 1 aliphatic heterocycles. The van der Waals surface area contributed by atoms with E-state index in [1.807, 2.05) is 0 Å². The molecule has 1 aliphatic carbocycles. The molecule has 1 saturated heterocycles. The number of carbonyl (C=O) groups excluding carboxylic acids is 4. The van der Waals surface area contributed by atoms with Crippen LogP contribution in [0.15, 0.2) is 0 Å². The lowest BCUT2D eigenvalue weighted by molar-refractivity contribution is -0.158. The van der Waals surface area contributed by atoms with E-state index in [1.54, 1.807) is 0 Å². The number of cyclic esters (lactones) is 2. The van der Waals surface area contributed by atoms with Crippen molar-refractivity contribution in [3.05, 3.63) is 0 Å². The van der Waals surface area contributed by atoms with Crippen molar-refractivity contribution in [1.82, 2.24) is 0 Å². The first-order chi connectivity index (χ1) is 8.50. The summed E-state index contributed by atoms with van der Waals surface area (Å²) in [6.45, 7) is 0. The van der Waals surface area contributed by atoms with Crippen LogP contribution >= 0.6 is 0 Å². The van der Waals surface area contributed by atoms with E-state index in [-0.39, 0.29) is 19.3 Å². The van der Waals surface area contributed by atoms with Crippen LogP contribution in [0.1, 0.15) is 25.7 Å². The molecule has 18 heavy (non-hydrogen) atoms. The highest BCUT2D eigenvalue weighted by molar-refractivity contribution is 5.98. The van der Waals surface area contributed by atoms with Gasteiger partial charge >= 0.3 is 17.9 Å². The lowest BCUT2D eigenvalue weighted by Gasteiger charge is -2.35. The maximum Gasteiger partial charge on any atom is 0.320 e. The molecule has 3 atom stereocenters. The van der Waals surface area contributed by atoms with E-state index in [0.29, 0.717) is 6.42 Å². The van der Waals surface area contributed by atoms with Crippen molar-refractivity contribution in [3.63, 3.8) is 0 Å². The van der Waals surface area contributed by atoms with Crippen molar-refractivity contribution in [2.45, 2.75) is 25.7 Å². The van der Waals surface area contributed by atoms with Gasteiger partial charge in [-0.3, -0.25) is 14.4 Å². The summed E-state index contributed by atoms with van der Waals surface area (Å²) in [6, 6.07) is 0. The molecule has 98 valence electrons. The van der Waals surface area contributed by atoms with Crippen LogP contribution in [0.2, 0.25) is 0 Å². The van der Waals surface area contributed by atoms with Crippen molar-refractivity contribution < 1.29 is 28.7 Å². The number of rotatable bonds is 2. The minimum Gasteiger partial charge on any atom is -0.469 e. The predicted octanol–water partition coefficient (Wildman–Crippen LogP) is 0.234. The van der Waals surface area contributed by atoms with Crippen molar-refractivity contribution >= 4 is 24.2 Å². The number of ether oxygens (including phenoxy) is 2. The van der Waals surface area contributed by atoms with Crippen LogP contribution in [0, 0.1) is 17.3 Å². The maximum absolute atomic E-state index is 11.8. The van der Waals surface area contributed by atoms with Crippen molar-refractivity contribution in [3.8, 4) is 0 Å². The predicted molar refractivity (Wildman–Crippen MR) is 57.1 cm³/mol. The second-order valence-corrected chi connectivity index (χ2v) is 4.98. The van der Waals surface area contributed by atoms with Gasteiger partial charge in [-0.05, 0) is 19.3 Å². The highest BCUT2D eigenvalue weighted by atomic mass is 16.6. The minimum absolute atomic E-state index is 0.0519. The summed E-state index contributed by atoms with van der Waals surface area (Å²) < 4.78 is 9.22. The zero-order valence-electron chi connectivity index (χ0n) is 10.0. The summed E-state index contributed by atoms with van der Waals surface area (Å²) in [6.07, 6.45) is 1.53. The zero-order valence-corrected chi connectivity index (χ0v) is 10.0. The van der Waals surface area contributed by atoms with E-state index in [1.165, 1.54) is 7.11 Å². The van der Waals surface area contributed by atoms with E-state index in [2.05, 4.69) is 9.47 Å². The van der Waals surface area contributed by atoms with Crippen molar-refractivity contribution in [2.75, 3.05) is 7.11 Å². The molecule has 0 N–H and O–H groups in total. The van der Waals surface area contributed by atoms with E-state index >= 15 is 0 Å². The van der Waals surface area contributed by atoms with Crippen LogP contribution in [0.5, 0.6) is 0 Å². The van der Waals surface area contributed by atoms with Crippen LogP contribution in [0.4, 0.5) is 0 Å². The fraction of sp³-hybridized carbons (Fsp3) is 0.667. The highest BCUT2D eigenvalue weighted by Crippen LogP contribution is 2.48. The van der Waals surface area contributed by atoms with E-state index < -0.39 is 35.2 Å². The minimum atomic E-state index is -1.01. The van der Waals surface area contributed by atoms with Gasteiger partial charge in [0.05, 0.1) is 24.9 Å². The maximum atomic E-state index is 11.8. The summed E-state index contributed by atoms with van der Waals surface area (Å²) in [5.41, 5.74) is -1.01. The van der Waals surface area contributed by atoms with Gasteiger partial charge in [0.15, 0.2) is 0 Å². The molecule has 0 bridgehead atoms. The summed E-state index contributed by atoms with van der Waals surface area (Å²) in [7, 11) is 1.26. The lowest BCUT2D eigenvalue weighted by atomic mass is 9.65. The summed E-state index contributed by atoms with van der Waals surface area (Å²) in [5.74, 6) is -2.60. The van der Waals surface area contributed by atoms with Gasteiger partial charge in [0.2, 0.25) is 0 Å². The number of aldehydes is 1. The number of esters is 3. The summed E-state index contributed by atoms with van der Waals surface area (Å²) in [4.78, 5) is 45.5. The normalized spacial score (nSPS) is 35.4. The number of hydrogen-bond acceptors (Lipinski definition) is 6. The Balaban J connectivity index is 2.26. The quantitative estimate of drug-likeness (QED) is 0.398. The van der Waals surface area contributed by atoms with Gasteiger partial charge in [-0.15, -0.1) is 0 Å². The SMILES string of the molecule is COC(=O)C1CC(C=O)CC2(CC(=O)OC2=O)C1. The number of hydrogen-bond donors (Lipinski definition) is 0. The van der Waals surface area contributed by atoms with Gasteiger partial charge in [-0.2, -0.15) is 0 Å². The van der Waals surface area contributed by atoms with Crippen molar-refractivity contribution in [2.24, 2.45) is 17.3 Å². The third-order valence-electron chi connectivity index (χ3n) is 3.73. The molecule has 0 radical (unpaired) electrons. The van der Waals surface area contributed by atoms with Crippen LogP contribution in [-0.2, 0) is 28.7 Å². The van der Waals surface area contributed by atoms with E-state index in [4.69, 9.17) is 0 Å². The van der Waals surface area contributed by atoms with Gasteiger partial charge < -0.3 is 14.3 Å². The average Bonchev–Trinajstić information content (AvgIpc) is 2.61. The monoisotopic (exact) mass is 254 g/mol. The van der Waals surface area contributed by atoms with Crippen LogP contribution in [0.3, 0.4) is 0 Å². The van der Waals surface area contributed by atoms with Crippen LogP contribution < -0.4 is 0 Å². The largest absolute Gasteiger partial charge is 0.469 e. The van der Waals surface area contributed by atoms with Gasteiger partial charge in [0.1, 0.15) is 6.29 Å². The molecule has 1 heterocycles. The van der Waals surface area contributed by atoms with Gasteiger partial charge in [-0.25, -0.2) is 0 Å². The van der Waals surface area contributed by atoms with Gasteiger partial charge in [0.25, 0.3) is 0 Å². The van der Waals surface area contributed by atoms with Gasteiger partial charge in [0, 0.05) is 5.92 Å². The molecule has 0 aromatic carbocycles. The Kier molecular flexibility index (Phi) is 3.19. The Morgan fingerprint density at radius 2 is 2.17 bits per heavy atom. The molecule has 3 unspecified atom stereocenters. The van der Waals surface area contributed by atoms with Crippen LogP contribution in [-0.4, -0.2) is 31.3 Å². The number of carbonyl (C=O) groups is 4. The first-order valence-electron chi connectivity index (χ1n) is 5.79.